The number of fused-ring (bicyclic) bond motifs is 5. The predicted molar refractivity (Wildman–Crippen MR) is 89.4 cm³/mol. The van der Waals surface area contributed by atoms with Gasteiger partial charge in [-0.1, -0.05) is 18.2 Å². The van der Waals surface area contributed by atoms with Crippen LogP contribution in [0.3, 0.4) is 0 Å². The Morgan fingerprint density at radius 3 is 3.05 bits per heavy atom. The Hall–Kier alpha value is -2.07. The van der Waals surface area contributed by atoms with Crippen LogP contribution in [0.15, 0.2) is 30.3 Å². The van der Waals surface area contributed by atoms with E-state index in [1.54, 1.807) is 0 Å². The molecule has 0 amide bonds. The van der Waals surface area contributed by atoms with Gasteiger partial charge in [-0.05, 0) is 37.0 Å². The summed E-state index contributed by atoms with van der Waals surface area (Å²) in [6.45, 7) is 0. The molecule has 0 aliphatic heterocycles. The fourth-order valence-electron chi connectivity index (χ4n) is 3.26. The molecule has 2 heterocycles. The minimum Gasteiger partial charge on any atom is -0.469 e. The fraction of sp³-hybridized carbons (Fsp3) is 0.278. The highest BCUT2D eigenvalue weighted by atomic mass is 32.1. The number of ether oxygens (including phenoxy) is 1. The van der Waals surface area contributed by atoms with Crippen LogP contribution in [0.1, 0.15) is 21.7 Å². The van der Waals surface area contributed by atoms with E-state index in [9.17, 15) is 4.79 Å². The molecule has 0 radical (unpaired) electrons. The van der Waals surface area contributed by atoms with Gasteiger partial charge < -0.3 is 9.72 Å². The first-order valence-corrected chi connectivity index (χ1v) is 8.36. The maximum absolute atomic E-state index is 11.3. The Bertz CT molecular complexity index is 859. The largest absolute Gasteiger partial charge is 0.469 e. The van der Waals surface area contributed by atoms with Crippen molar-refractivity contribution in [1.82, 2.24) is 4.98 Å². The summed E-state index contributed by atoms with van der Waals surface area (Å²) in [6, 6.07) is 10.7. The highest BCUT2D eigenvalue weighted by Gasteiger charge is 2.23. The van der Waals surface area contributed by atoms with Crippen LogP contribution in [0.4, 0.5) is 0 Å². The van der Waals surface area contributed by atoms with E-state index in [1.165, 1.54) is 44.6 Å². The van der Waals surface area contributed by atoms with Gasteiger partial charge in [-0.25, -0.2) is 0 Å². The van der Waals surface area contributed by atoms with Crippen molar-refractivity contribution in [2.75, 3.05) is 7.11 Å². The lowest BCUT2D eigenvalue weighted by molar-refractivity contribution is -0.140. The number of aromatic nitrogens is 1. The normalized spacial score (nSPS) is 13.0. The van der Waals surface area contributed by atoms with Crippen LogP contribution in [0, 0.1) is 0 Å². The zero-order valence-electron chi connectivity index (χ0n) is 12.4. The van der Waals surface area contributed by atoms with Crippen molar-refractivity contribution < 1.29 is 9.53 Å². The van der Waals surface area contributed by atoms with Crippen LogP contribution in [-0.4, -0.2) is 18.1 Å². The highest BCUT2D eigenvalue weighted by Crippen LogP contribution is 2.41. The minimum absolute atomic E-state index is 0.141. The molecule has 1 aliphatic carbocycles. The Morgan fingerprint density at radius 2 is 2.18 bits per heavy atom. The average Bonchev–Trinajstić information content (AvgIpc) is 3.12. The van der Waals surface area contributed by atoms with Crippen LogP contribution in [-0.2, 0) is 28.8 Å². The molecule has 0 fully saturated rings. The molecule has 0 spiro atoms. The van der Waals surface area contributed by atoms with Gasteiger partial charge in [0.15, 0.2) is 0 Å². The van der Waals surface area contributed by atoms with Crippen molar-refractivity contribution in [1.29, 1.82) is 0 Å². The van der Waals surface area contributed by atoms with Crippen LogP contribution in [0.25, 0.3) is 22.2 Å². The Labute approximate surface area is 132 Å². The SMILES string of the molecule is COC(=O)CCc1cc2c(s1)CCc1c-2[nH]c2ccccc12. The molecule has 3 nitrogen and oxygen atoms in total. The van der Waals surface area contributed by atoms with E-state index >= 15 is 0 Å². The van der Waals surface area contributed by atoms with Gasteiger partial charge in [0.2, 0.25) is 0 Å². The second-order valence-electron chi connectivity index (χ2n) is 5.65. The quantitative estimate of drug-likeness (QED) is 0.740. The smallest absolute Gasteiger partial charge is 0.305 e. The summed E-state index contributed by atoms with van der Waals surface area (Å²) < 4.78 is 4.73. The van der Waals surface area contributed by atoms with Gasteiger partial charge in [0.1, 0.15) is 0 Å². The van der Waals surface area contributed by atoms with Gasteiger partial charge in [0.25, 0.3) is 0 Å². The number of thiophene rings is 1. The van der Waals surface area contributed by atoms with Gasteiger partial charge in [0, 0.05) is 26.2 Å². The van der Waals surface area contributed by atoms with E-state index in [1.807, 2.05) is 11.3 Å². The third-order valence-electron chi connectivity index (χ3n) is 4.35. The van der Waals surface area contributed by atoms with Crippen molar-refractivity contribution in [2.24, 2.45) is 0 Å². The molecule has 3 aromatic rings. The molecule has 112 valence electrons. The summed E-state index contributed by atoms with van der Waals surface area (Å²) >= 11 is 1.83. The van der Waals surface area contributed by atoms with Crippen LogP contribution in [0.2, 0.25) is 0 Å². The monoisotopic (exact) mass is 311 g/mol. The summed E-state index contributed by atoms with van der Waals surface area (Å²) in [5, 5.41) is 1.34. The van der Waals surface area contributed by atoms with Gasteiger partial charge in [-0.15, -0.1) is 11.3 Å². The lowest BCUT2D eigenvalue weighted by Crippen LogP contribution is -2.00. The third-order valence-corrected chi connectivity index (χ3v) is 5.60. The Morgan fingerprint density at radius 1 is 1.32 bits per heavy atom. The zero-order chi connectivity index (χ0) is 15.1. The Balaban J connectivity index is 1.72. The first kappa shape index (κ1) is 13.6. The summed E-state index contributed by atoms with van der Waals surface area (Å²) in [5.41, 5.74) is 5.23. The topological polar surface area (TPSA) is 42.1 Å². The van der Waals surface area contributed by atoms with Crippen molar-refractivity contribution in [3.05, 3.63) is 45.6 Å². The van der Waals surface area contributed by atoms with E-state index in [-0.39, 0.29) is 5.97 Å². The standard InChI is InChI=1S/C18H17NO2S/c1-21-17(20)9-6-11-10-14-16(22-11)8-7-13-12-4-2-3-5-15(12)19-18(13)14/h2-5,10,19H,6-9H2,1H3. The summed E-state index contributed by atoms with van der Waals surface area (Å²) in [7, 11) is 1.44. The molecule has 0 atom stereocenters. The number of nitrogens with one attached hydrogen (secondary N) is 1. The van der Waals surface area contributed by atoms with Crippen molar-refractivity contribution in [3.63, 3.8) is 0 Å². The lowest BCUT2D eigenvalue weighted by atomic mass is 9.94. The number of H-pyrrole nitrogens is 1. The molecule has 0 saturated carbocycles. The molecule has 1 N–H and O–H groups in total. The van der Waals surface area contributed by atoms with E-state index < -0.39 is 0 Å². The molecular weight excluding hydrogens is 294 g/mol. The lowest BCUT2D eigenvalue weighted by Gasteiger charge is -2.11. The number of aromatic amines is 1. The molecule has 2 aromatic heterocycles. The number of aryl methyl sites for hydroxylation is 3. The van der Waals surface area contributed by atoms with E-state index in [0.29, 0.717) is 6.42 Å². The molecular formula is C18H17NO2S. The minimum atomic E-state index is -0.141. The molecule has 1 aromatic carbocycles. The maximum Gasteiger partial charge on any atom is 0.305 e. The number of hydrogen-bond donors (Lipinski definition) is 1. The van der Waals surface area contributed by atoms with E-state index in [0.717, 1.165) is 19.3 Å². The molecule has 0 unspecified atom stereocenters. The first-order valence-electron chi connectivity index (χ1n) is 7.54. The maximum atomic E-state index is 11.3. The number of hydrogen-bond acceptors (Lipinski definition) is 3. The van der Waals surface area contributed by atoms with Gasteiger partial charge in [-0.3, -0.25) is 4.79 Å². The van der Waals surface area contributed by atoms with E-state index in [2.05, 4.69) is 35.3 Å². The average molecular weight is 311 g/mol. The summed E-state index contributed by atoms with van der Waals surface area (Å²) in [6.07, 6.45) is 3.39. The first-order chi connectivity index (χ1) is 10.8. The number of rotatable bonds is 3. The van der Waals surface area contributed by atoms with Gasteiger partial charge in [-0.2, -0.15) is 0 Å². The molecule has 0 bridgehead atoms. The van der Waals surface area contributed by atoms with Crippen LogP contribution in [0.5, 0.6) is 0 Å². The number of para-hydroxylation sites is 1. The number of carbonyl (C=O) groups excluding carboxylic acids is 1. The van der Waals surface area contributed by atoms with Crippen molar-refractivity contribution in [2.45, 2.75) is 25.7 Å². The third kappa shape index (κ3) is 2.15. The van der Waals surface area contributed by atoms with Crippen molar-refractivity contribution in [3.8, 4) is 11.3 Å². The summed E-state index contributed by atoms with van der Waals surface area (Å²) in [4.78, 5) is 17.6. The molecule has 1 aliphatic rings. The Kier molecular flexibility index (Phi) is 3.26. The van der Waals surface area contributed by atoms with Gasteiger partial charge >= 0.3 is 5.97 Å². The van der Waals surface area contributed by atoms with Crippen LogP contribution >= 0.6 is 11.3 Å². The zero-order valence-corrected chi connectivity index (χ0v) is 13.3. The highest BCUT2D eigenvalue weighted by molar-refractivity contribution is 7.12. The number of carbonyl (C=O) groups is 1. The van der Waals surface area contributed by atoms with E-state index in [4.69, 9.17) is 4.74 Å². The number of esters is 1. The molecule has 4 rings (SSSR count). The van der Waals surface area contributed by atoms with Gasteiger partial charge in [0.05, 0.1) is 19.2 Å². The second kappa shape index (κ2) is 5.29. The second-order valence-corrected chi connectivity index (χ2v) is 6.87. The van der Waals surface area contributed by atoms with Crippen LogP contribution < -0.4 is 0 Å². The summed E-state index contributed by atoms with van der Waals surface area (Å²) in [5.74, 6) is -0.141. The molecule has 22 heavy (non-hydrogen) atoms. The van der Waals surface area contributed by atoms with Crippen molar-refractivity contribution >= 4 is 28.2 Å². The predicted octanol–water partition coefficient (Wildman–Crippen LogP) is 4.10. The number of benzene rings is 1. The molecule has 0 saturated heterocycles. The number of methoxy groups -OCH3 is 1. The fourth-order valence-corrected chi connectivity index (χ4v) is 4.43. The molecule has 4 heteroatoms.